The summed E-state index contributed by atoms with van der Waals surface area (Å²) < 4.78 is 12.0. The first-order chi connectivity index (χ1) is 26.5. The molecule has 55 heavy (non-hydrogen) atoms. The molecule has 3 aliphatic rings. The van der Waals surface area contributed by atoms with Gasteiger partial charge in [0.1, 0.15) is 0 Å². The third kappa shape index (κ3) is 6.41. The number of rotatable bonds is 5. The monoisotopic (exact) mass is 745 g/mol. The van der Waals surface area contributed by atoms with Crippen molar-refractivity contribution in [2.75, 3.05) is 0 Å². The van der Waals surface area contributed by atoms with Crippen LogP contribution in [0.3, 0.4) is 0 Å². The molecular weight excluding hydrogens is 687 g/mol. The highest BCUT2D eigenvalue weighted by atomic mass is 28.3. The summed E-state index contributed by atoms with van der Waals surface area (Å²) in [7, 11) is -1.65. The molecule has 2 unspecified atom stereocenters. The standard InChI is InChI=1S/C50H59N3OSi/c1-31(2)42-29-45-38-17-13-12-16-37(38)39-20-18-36-19-21-40-41-22-23-43(32(3)4)51-50(41)54-49(40)48(36)46-28-35(27-34-14-10-9-11-15-34)24-25-52(46)33(5)26-44(39)53(45)30-47(42)55(6,7)8/h12-13,16-17,19,21-25,28-32,34,39,44H,5,9-11,14-15,18,20,26-27H2,1-4,6-8H3/q+2. The van der Waals surface area contributed by atoms with Crippen molar-refractivity contribution in [2.24, 2.45) is 5.92 Å². The molecule has 6 aromatic rings. The van der Waals surface area contributed by atoms with Gasteiger partial charge in [-0.15, -0.1) is 0 Å². The van der Waals surface area contributed by atoms with Crippen LogP contribution < -0.4 is 14.3 Å². The predicted molar refractivity (Wildman–Crippen MR) is 231 cm³/mol. The summed E-state index contributed by atoms with van der Waals surface area (Å²) in [5.41, 5.74) is 14.8. The first kappa shape index (κ1) is 36.3. The number of pyridine rings is 3. The second-order valence-corrected chi connectivity index (χ2v) is 23.8. The van der Waals surface area contributed by atoms with Gasteiger partial charge in [-0.05, 0) is 84.0 Å². The second kappa shape index (κ2) is 14.0. The highest BCUT2D eigenvalue weighted by Crippen LogP contribution is 2.46. The van der Waals surface area contributed by atoms with Crippen molar-refractivity contribution < 1.29 is 13.6 Å². The number of fused-ring (bicyclic) bond motifs is 13. The highest BCUT2D eigenvalue weighted by molar-refractivity contribution is 6.89. The molecule has 0 amide bonds. The lowest BCUT2D eigenvalue weighted by Gasteiger charge is -2.33. The van der Waals surface area contributed by atoms with Gasteiger partial charge >= 0.3 is 0 Å². The van der Waals surface area contributed by atoms with E-state index < -0.39 is 8.07 Å². The van der Waals surface area contributed by atoms with Crippen molar-refractivity contribution in [1.29, 1.82) is 0 Å². The Labute approximate surface area is 329 Å². The number of furan rings is 1. The van der Waals surface area contributed by atoms with Gasteiger partial charge in [-0.2, -0.15) is 9.13 Å². The maximum absolute atomic E-state index is 6.92. The number of allylic oxidation sites excluding steroid dienone is 1. The van der Waals surface area contributed by atoms with Gasteiger partial charge in [-0.3, -0.25) is 0 Å². The number of hydrogen-bond donors (Lipinski definition) is 0. The van der Waals surface area contributed by atoms with Gasteiger partial charge < -0.3 is 4.42 Å². The molecule has 1 aliphatic carbocycles. The van der Waals surface area contributed by atoms with Crippen LogP contribution in [0.1, 0.15) is 124 Å². The molecule has 5 heteroatoms. The Balaban J connectivity index is 1.26. The molecular formula is C50H59N3OSi+2. The van der Waals surface area contributed by atoms with Gasteiger partial charge in [0, 0.05) is 51.3 Å². The number of aryl methyl sites for hydroxylation is 1. The summed E-state index contributed by atoms with van der Waals surface area (Å²) >= 11 is 0. The summed E-state index contributed by atoms with van der Waals surface area (Å²) in [4.78, 5) is 5.05. The van der Waals surface area contributed by atoms with Gasteiger partial charge in [-0.25, -0.2) is 4.98 Å². The largest absolute Gasteiger partial charge is 0.437 e. The Morgan fingerprint density at radius 2 is 1.64 bits per heavy atom. The van der Waals surface area contributed by atoms with E-state index in [1.807, 2.05) is 0 Å². The van der Waals surface area contributed by atoms with E-state index in [1.54, 1.807) is 5.19 Å². The van der Waals surface area contributed by atoms with E-state index in [1.165, 1.54) is 76.9 Å². The fourth-order valence-electron chi connectivity index (χ4n) is 10.3. The molecule has 0 spiro atoms. The van der Waals surface area contributed by atoms with Crippen LogP contribution in [0.5, 0.6) is 0 Å². The molecule has 2 aromatic carbocycles. The number of aromatic nitrogens is 3. The van der Waals surface area contributed by atoms with E-state index in [4.69, 9.17) is 16.0 Å². The zero-order chi connectivity index (χ0) is 38.2. The number of nitrogens with zero attached hydrogens (tertiary/aromatic N) is 3. The molecule has 0 radical (unpaired) electrons. The van der Waals surface area contributed by atoms with Crippen molar-refractivity contribution in [2.45, 2.75) is 129 Å². The van der Waals surface area contributed by atoms with E-state index in [-0.39, 0.29) is 6.04 Å². The molecule has 282 valence electrons. The SMILES string of the molecule is C=C1CC2C(CCc3ccc4c(oc5nc(C(C)C)ccc54)c3-c3cc(CC4CCCCC4)cc[n+]31)c1ccccc1-c1cc(C(C)C)c([Si](C)(C)C)c[n+]12. The molecule has 0 N–H and O–H groups in total. The zero-order valence-corrected chi connectivity index (χ0v) is 35.2. The molecule has 6 heterocycles. The molecule has 0 saturated heterocycles. The third-order valence-corrected chi connectivity index (χ3v) is 15.3. The number of hydrogen-bond acceptors (Lipinski definition) is 2. The first-order valence-electron chi connectivity index (χ1n) is 21.2. The smallest absolute Gasteiger partial charge is 0.227 e. The van der Waals surface area contributed by atoms with Gasteiger partial charge in [0.05, 0.1) is 20.1 Å². The molecule has 1 fully saturated rings. The van der Waals surface area contributed by atoms with Crippen LogP contribution in [0.15, 0.2) is 90.1 Å². The van der Waals surface area contributed by atoms with Crippen LogP contribution >= 0.6 is 0 Å². The van der Waals surface area contributed by atoms with E-state index in [2.05, 4.69) is 136 Å². The molecule has 9 rings (SSSR count). The fraction of sp³-hybridized carbons (Fsp3) is 0.420. The van der Waals surface area contributed by atoms with Crippen molar-refractivity contribution in [1.82, 2.24) is 4.98 Å². The summed E-state index contributed by atoms with van der Waals surface area (Å²) in [5, 5.41) is 3.82. The minimum Gasteiger partial charge on any atom is -0.437 e. The molecule has 4 aromatic heterocycles. The Kier molecular flexibility index (Phi) is 9.23. The van der Waals surface area contributed by atoms with Crippen molar-refractivity contribution in [3.63, 3.8) is 0 Å². The van der Waals surface area contributed by atoms with Crippen molar-refractivity contribution in [3.8, 4) is 22.5 Å². The van der Waals surface area contributed by atoms with Crippen molar-refractivity contribution >= 4 is 41.0 Å². The maximum atomic E-state index is 6.92. The van der Waals surface area contributed by atoms with Crippen molar-refractivity contribution in [3.05, 3.63) is 114 Å². The normalized spacial score (nSPS) is 19.0. The predicted octanol–water partition coefficient (Wildman–Crippen LogP) is 12.0. The number of benzene rings is 2. The fourth-order valence-corrected chi connectivity index (χ4v) is 12.1. The van der Waals surface area contributed by atoms with E-state index in [0.29, 0.717) is 17.8 Å². The lowest BCUT2D eigenvalue weighted by Crippen LogP contribution is -2.54. The minimum absolute atomic E-state index is 0.256. The average molecular weight is 746 g/mol. The Morgan fingerprint density at radius 3 is 2.40 bits per heavy atom. The van der Waals surface area contributed by atoms with Crippen LogP contribution in [0.25, 0.3) is 50.3 Å². The first-order valence-corrected chi connectivity index (χ1v) is 24.7. The van der Waals surface area contributed by atoms with E-state index >= 15 is 0 Å². The lowest BCUT2D eigenvalue weighted by atomic mass is 9.77. The molecule has 2 aliphatic heterocycles. The molecule has 4 nitrogen and oxygen atoms in total. The van der Waals surface area contributed by atoms with Gasteiger partial charge in [-0.1, -0.05) is 110 Å². The minimum atomic E-state index is -1.65. The Morgan fingerprint density at radius 1 is 0.855 bits per heavy atom. The van der Waals surface area contributed by atoms with Crippen LogP contribution in [0.4, 0.5) is 0 Å². The summed E-state index contributed by atoms with van der Waals surface area (Å²) in [6.45, 7) is 21.6. The Bertz CT molecular complexity index is 2460. The van der Waals surface area contributed by atoms with Crippen LogP contribution in [0, 0.1) is 5.92 Å². The van der Waals surface area contributed by atoms with Gasteiger partial charge in [0.15, 0.2) is 29.7 Å². The van der Waals surface area contributed by atoms with Gasteiger partial charge in [0.25, 0.3) is 0 Å². The highest BCUT2D eigenvalue weighted by Gasteiger charge is 2.44. The quantitative estimate of drug-likeness (QED) is 0.130. The van der Waals surface area contributed by atoms with Crippen LogP contribution in [-0.2, 0) is 12.8 Å². The van der Waals surface area contributed by atoms with Crippen LogP contribution in [-0.4, -0.2) is 13.1 Å². The second-order valence-electron chi connectivity index (χ2n) is 18.7. The van der Waals surface area contributed by atoms with E-state index in [9.17, 15) is 0 Å². The average Bonchev–Trinajstić information content (AvgIpc) is 3.54. The van der Waals surface area contributed by atoms with Gasteiger partial charge in [0.2, 0.25) is 17.1 Å². The molecule has 2 atom stereocenters. The summed E-state index contributed by atoms with van der Waals surface area (Å²) in [5.74, 6) is 1.90. The Hall–Kier alpha value is -4.35. The van der Waals surface area contributed by atoms with Crippen LogP contribution in [0.2, 0.25) is 19.6 Å². The molecule has 1 saturated carbocycles. The van der Waals surface area contributed by atoms with E-state index in [0.717, 1.165) is 65.1 Å². The maximum Gasteiger partial charge on any atom is 0.227 e. The topological polar surface area (TPSA) is 33.8 Å². The summed E-state index contributed by atoms with van der Waals surface area (Å²) in [6, 6.07) is 26.0. The lowest BCUT2D eigenvalue weighted by molar-refractivity contribution is -0.719. The summed E-state index contributed by atoms with van der Waals surface area (Å²) in [6.07, 6.45) is 15.7. The molecule has 0 bridgehead atoms. The zero-order valence-electron chi connectivity index (χ0n) is 34.2. The third-order valence-electron chi connectivity index (χ3n) is 13.3.